The summed E-state index contributed by atoms with van der Waals surface area (Å²) < 4.78 is 0. The van der Waals surface area contributed by atoms with E-state index in [0.717, 1.165) is 68.2 Å². The fourth-order valence-corrected chi connectivity index (χ4v) is 8.76. The first-order valence-electron chi connectivity index (χ1n) is 23.7. The molecular formula is C67H56N4. The second kappa shape index (κ2) is 23.1. The van der Waals surface area contributed by atoms with E-state index in [9.17, 15) is 0 Å². The van der Waals surface area contributed by atoms with Gasteiger partial charge >= 0.3 is 0 Å². The van der Waals surface area contributed by atoms with Gasteiger partial charge < -0.3 is 19.6 Å². The van der Waals surface area contributed by atoms with Gasteiger partial charge in [-0.25, -0.2) is 0 Å². The number of anilines is 12. The SMILES string of the molecule is C.c1ccc(N(c2ccccc2)c2ccc(-c3ccc(N(c4ccccc4)c4ccccc4)cc3)cc2)cc1.c1ccc(N(c2ccccc2)c2ccc(N(c3ccccc3)c3ccccc3)cc2)cc1. The third kappa shape index (κ3) is 11.2. The lowest BCUT2D eigenvalue weighted by molar-refractivity contribution is 1.26. The van der Waals surface area contributed by atoms with E-state index in [1.165, 1.54) is 11.1 Å². The van der Waals surface area contributed by atoms with Gasteiger partial charge in [0.2, 0.25) is 0 Å². The zero-order valence-corrected chi connectivity index (χ0v) is 38.8. The zero-order chi connectivity index (χ0) is 47.2. The number of benzene rings is 11. The molecule has 11 aromatic carbocycles. The zero-order valence-electron chi connectivity index (χ0n) is 38.8. The first kappa shape index (κ1) is 46.7. The maximum Gasteiger partial charge on any atom is 0.0463 e. The number of rotatable bonds is 13. The van der Waals surface area contributed by atoms with Crippen LogP contribution in [0.15, 0.2) is 315 Å². The number of hydrogen-bond donors (Lipinski definition) is 0. The predicted octanol–water partition coefficient (Wildman–Crippen LogP) is 19.6. The summed E-state index contributed by atoms with van der Waals surface area (Å²) >= 11 is 0. The maximum absolute atomic E-state index is 2.28. The van der Waals surface area contributed by atoms with Crippen molar-refractivity contribution < 1.29 is 0 Å². The van der Waals surface area contributed by atoms with Crippen LogP contribution in [0.2, 0.25) is 0 Å². The van der Waals surface area contributed by atoms with Gasteiger partial charge in [0.1, 0.15) is 0 Å². The topological polar surface area (TPSA) is 13.0 Å². The lowest BCUT2D eigenvalue weighted by Crippen LogP contribution is -2.12. The highest BCUT2D eigenvalue weighted by Crippen LogP contribution is 2.40. The van der Waals surface area contributed by atoms with Gasteiger partial charge in [-0.05, 0) is 157 Å². The second-order valence-corrected chi connectivity index (χ2v) is 16.6. The monoisotopic (exact) mass is 916 g/mol. The van der Waals surface area contributed by atoms with E-state index in [1.807, 2.05) is 24.3 Å². The lowest BCUT2D eigenvalue weighted by Gasteiger charge is -2.28. The van der Waals surface area contributed by atoms with Crippen molar-refractivity contribution in [2.24, 2.45) is 0 Å². The molecule has 0 atom stereocenters. The highest BCUT2D eigenvalue weighted by Gasteiger charge is 2.17. The average molecular weight is 917 g/mol. The van der Waals surface area contributed by atoms with Crippen LogP contribution < -0.4 is 19.6 Å². The van der Waals surface area contributed by atoms with Crippen LogP contribution in [0.5, 0.6) is 0 Å². The molecule has 11 rings (SSSR count). The van der Waals surface area contributed by atoms with E-state index in [0.29, 0.717) is 0 Å². The molecule has 0 unspecified atom stereocenters. The van der Waals surface area contributed by atoms with Gasteiger partial charge in [0, 0.05) is 68.2 Å². The molecule has 11 aromatic rings. The van der Waals surface area contributed by atoms with Crippen LogP contribution >= 0.6 is 0 Å². The largest absolute Gasteiger partial charge is 0.311 e. The normalized spacial score (nSPS) is 10.4. The molecule has 0 aromatic heterocycles. The van der Waals surface area contributed by atoms with E-state index in [-0.39, 0.29) is 7.43 Å². The van der Waals surface area contributed by atoms with E-state index >= 15 is 0 Å². The summed E-state index contributed by atoms with van der Waals surface area (Å²) in [5.41, 5.74) is 15.9. The molecule has 0 saturated carbocycles. The molecule has 4 nitrogen and oxygen atoms in total. The van der Waals surface area contributed by atoms with Gasteiger partial charge in [0.25, 0.3) is 0 Å². The Bertz CT molecular complexity index is 2870. The molecule has 0 aliphatic carbocycles. The van der Waals surface area contributed by atoms with E-state index in [2.05, 4.69) is 311 Å². The van der Waals surface area contributed by atoms with Crippen molar-refractivity contribution >= 4 is 68.2 Å². The van der Waals surface area contributed by atoms with Crippen LogP contribution in [0.4, 0.5) is 68.2 Å². The Morgan fingerprint density at radius 2 is 0.239 bits per heavy atom. The summed E-state index contributed by atoms with van der Waals surface area (Å²) in [4.78, 5) is 9.12. The Kier molecular flexibility index (Phi) is 15.2. The van der Waals surface area contributed by atoms with Crippen LogP contribution in [0.1, 0.15) is 7.43 Å². The van der Waals surface area contributed by atoms with Crippen molar-refractivity contribution in [1.82, 2.24) is 0 Å². The molecule has 4 heteroatoms. The highest BCUT2D eigenvalue weighted by molar-refractivity contribution is 5.83. The molecule has 0 heterocycles. The first-order chi connectivity index (χ1) is 34.8. The quantitative estimate of drug-likeness (QED) is 0.114. The Morgan fingerprint density at radius 3 is 0.380 bits per heavy atom. The van der Waals surface area contributed by atoms with Crippen LogP contribution in [-0.4, -0.2) is 0 Å². The minimum Gasteiger partial charge on any atom is -0.311 e. The maximum atomic E-state index is 2.28. The molecule has 344 valence electrons. The number of para-hydroxylation sites is 8. The van der Waals surface area contributed by atoms with Crippen molar-refractivity contribution in [2.45, 2.75) is 7.43 Å². The molecule has 71 heavy (non-hydrogen) atoms. The van der Waals surface area contributed by atoms with E-state index < -0.39 is 0 Å². The smallest absolute Gasteiger partial charge is 0.0463 e. The molecular weight excluding hydrogens is 861 g/mol. The average Bonchev–Trinajstić information content (AvgIpc) is 3.45. The molecule has 0 amide bonds. The Labute approximate surface area is 419 Å². The lowest BCUT2D eigenvalue weighted by atomic mass is 10.0. The fraction of sp³-hybridized carbons (Fsp3) is 0.0149. The van der Waals surface area contributed by atoms with Crippen molar-refractivity contribution in [1.29, 1.82) is 0 Å². The van der Waals surface area contributed by atoms with Crippen molar-refractivity contribution in [3.63, 3.8) is 0 Å². The van der Waals surface area contributed by atoms with Gasteiger partial charge in [-0.15, -0.1) is 0 Å². The number of hydrogen-bond acceptors (Lipinski definition) is 4. The summed E-state index contributed by atoms with van der Waals surface area (Å²) in [5, 5.41) is 0. The summed E-state index contributed by atoms with van der Waals surface area (Å²) in [6.45, 7) is 0. The molecule has 0 fully saturated rings. The van der Waals surface area contributed by atoms with Crippen LogP contribution in [-0.2, 0) is 0 Å². The van der Waals surface area contributed by atoms with Crippen LogP contribution in [0.25, 0.3) is 11.1 Å². The first-order valence-corrected chi connectivity index (χ1v) is 23.7. The minimum atomic E-state index is 0. The summed E-state index contributed by atoms with van der Waals surface area (Å²) in [6.07, 6.45) is 0. The van der Waals surface area contributed by atoms with Gasteiger partial charge in [0.05, 0.1) is 0 Å². The van der Waals surface area contributed by atoms with Crippen LogP contribution in [0, 0.1) is 0 Å². The predicted molar refractivity (Wildman–Crippen MR) is 304 cm³/mol. The van der Waals surface area contributed by atoms with Gasteiger partial charge in [-0.1, -0.05) is 177 Å². The van der Waals surface area contributed by atoms with Crippen molar-refractivity contribution in [3.8, 4) is 11.1 Å². The molecule has 0 radical (unpaired) electrons. The Morgan fingerprint density at radius 1 is 0.127 bits per heavy atom. The minimum absolute atomic E-state index is 0. The van der Waals surface area contributed by atoms with E-state index in [4.69, 9.17) is 0 Å². The van der Waals surface area contributed by atoms with Crippen molar-refractivity contribution in [2.75, 3.05) is 19.6 Å². The van der Waals surface area contributed by atoms with Crippen molar-refractivity contribution in [3.05, 3.63) is 315 Å². The second-order valence-electron chi connectivity index (χ2n) is 16.6. The third-order valence-corrected chi connectivity index (χ3v) is 12.1. The summed E-state index contributed by atoms with van der Waals surface area (Å²) in [5.74, 6) is 0. The fourth-order valence-electron chi connectivity index (χ4n) is 8.76. The molecule has 0 spiro atoms. The molecule has 0 aliphatic heterocycles. The van der Waals surface area contributed by atoms with E-state index in [1.54, 1.807) is 0 Å². The Balaban J connectivity index is 0.000000176. The summed E-state index contributed by atoms with van der Waals surface area (Å²) in [6, 6.07) is 110. The molecule has 0 N–H and O–H groups in total. The molecule has 0 saturated heterocycles. The molecule has 0 aliphatic rings. The van der Waals surface area contributed by atoms with Crippen LogP contribution in [0.3, 0.4) is 0 Å². The molecule has 0 bridgehead atoms. The third-order valence-electron chi connectivity index (χ3n) is 12.1. The Hall–Kier alpha value is -9.38. The summed E-state index contributed by atoms with van der Waals surface area (Å²) in [7, 11) is 0. The van der Waals surface area contributed by atoms with Gasteiger partial charge in [-0.3, -0.25) is 0 Å². The van der Waals surface area contributed by atoms with Gasteiger partial charge in [-0.2, -0.15) is 0 Å². The standard InChI is InChI=1S/C36H28N2.C30H24N2.CH4/c1-5-13-31(14-6-1)37(32-15-7-2-8-16-32)35-25-21-29(22-26-35)30-23-27-36(28-24-30)38(33-17-9-3-10-18-33)34-19-11-4-12-20-34;1-5-13-25(14-6-1)31(26-15-7-2-8-16-26)29-21-23-30(24-22-29)32(27-17-9-3-10-18-27)28-19-11-4-12-20-28;/h1-28H;1-24H;1H4. The number of nitrogens with zero attached hydrogens (tertiary/aromatic N) is 4. The highest BCUT2D eigenvalue weighted by atomic mass is 15.2. The van der Waals surface area contributed by atoms with Gasteiger partial charge in [0.15, 0.2) is 0 Å².